The number of methoxy groups -OCH3 is 1. The van der Waals surface area contributed by atoms with E-state index in [4.69, 9.17) is 14.2 Å². The number of rotatable bonds is 12. The number of carbonyl (C=O) groups excluding carboxylic acids is 1. The van der Waals surface area contributed by atoms with Crippen molar-refractivity contribution in [1.29, 1.82) is 0 Å². The van der Waals surface area contributed by atoms with Gasteiger partial charge < -0.3 is 29.1 Å². The van der Waals surface area contributed by atoms with E-state index in [1.165, 1.54) is 62.8 Å². The summed E-state index contributed by atoms with van der Waals surface area (Å²) in [7, 11) is -2.51. The number of piperidine rings is 2. The third-order valence-electron chi connectivity index (χ3n) is 9.28. The Morgan fingerprint density at radius 2 is 1.65 bits per heavy atom. The van der Waals surface area contributed by atoms with Crippen molar-refractivity contribution in [3.8, 4) is 5.75 Å². The summed E-state index contributed by atoms with van der Waals surface area (Å²) in [5.74, 6) is -0.229. The minimum absolute atomic E-state index is 0.0212. The van der Waals surface area contributed by atoms with Gasteiger partial charge in [-0.25, -0.2) is 8.42 Å². The summed E-state index contributed by atoms with van der Waals surface area (Å²) in [4.78, 5) is 18.0. The summed E-state index contributed by atoms with van der Waals surface area (Å²) in [6, 6.07) is 11.1. The Hall–Kier alpha value is -3.17. The predicted molar refractivity (Wildman–Crippen MR) is 172 cm³/mol. The third-order valence-corrected chi connectivity index (χ3v) is 11.2. The van der Waals surface area contributed by atoms with Gasteiger partial charge in [-0.1, -0.05) is 18.6 Å². The van der Waals surface area contributed by atoms with Crippen LogP contribution in [0.4, 0.5) is 13.2 Å². The molecular weight excluding hydrogens is 651 g/mol. The van der Waals surface area contributed by atoms with Crippen LogP contribution in [0.3, 0.4) is 0 Å². The molecule has 0 saturated carbocycles. The molecule has 0 bridgehead atoms. The van der Waals surface area contributed by atoms with E-state index >= 15 is 0 Å². The standard InChI is InChI=1S/C34H44F3N3O7S/c1-45-29-9-11-30(12-10-29)48(43,44)40(19-21-41)20-22-46-32-24-26(25-5-7-27(8-6-25)34(35,36)37)23-31(47-32)33(42)39-17-13-28(14-18-39)38-15-3-2-4-16-38/h5-12,23,26,28,32,41H,2-4,13-22,24H2,1H3/t26-,32+/m1/s1. The van der Waals surface area contributed by atoms with E-state index in [9.17, 15) is 31.5 Å². The van der Waals surface area contributed by atoms with Crippen molar-refractivity contribution < 1.29 is 45.7 Å². The number of alkyl halides is 3. The summed E-state index contributed by atoms with van der Waals surface area (Å²) >= 11 is 0. The van der Waals surface area contributed by atoms with E-state index in [0.717, 1.165) is 42.4 Å². The van der Waals surface area contributed by atoms with E-state index in [0.29, 0.717) is 30.4 Å². The van der Waals surface area contributed by atoms with E-state index in [1.807, 2.05) is 0 Å². The maximum absolute atomic E-state index is 13.7. The van der Waals surface area contributed by atoms with E-state index in [-0.39, 0.29) is 42.7 Å². The zero-order valence-electron chi connectivity index (χ0n) is 27.1. The van der Waals surface area contributed by atoms with Crippen LogP contribution in [0.1, 0.15) is 55.6 Å². The molecule has 3 heterocycles. The molecule has 0 radical (unpaired) electrons. The Morgan fingerprint density at radius 1 is 0.979 bits per heavy atom. The summed E-state index contributed by atoms with van der Waals surface area (Å²) in [6.45, 7) is 2.47. The molecule has 1 N–H and O–H groups in total. The lowest BCUT2D eigenvalue weighted by atomic mass is 9.92. The molecule has 0 spiro atoms. The fourth-order valence-corrected chi connectivity index (χ4v) is 8.00. The smallest absolute Gasteiger partial charge is 0.416 e. The van der Waals surface area contributed by atoms with Gasteiger partial charge in [-0.2, -0.15) is 17.5 Å². The quantitative estimate of drug-likeness (QED) is 0.344. The molecule has 1 amide bonds. The molecule has 0 aromatic heterocycles. The minimum atomic E-state index is -4.48. The Labute approximate surface area is 280 Å². The topological polar surface area (TPSA) is 109 Å². The maximum Gasteiger partial charge on any atom is 0.416 e. The molecule has 2 aromatic rings. The molecule has 2 aromatic carbocycles. The summed E-state index contributed by atoms with van der Waals surface area (Å²) < 4.78 is 84.7. The van der Waals surface area contributed by atoms with Crippen LogP contribution < -0.4 is 4.74 Å². The van der Waals surface area contributed by atoms with Crippen LogP contribution in [-0.2, 0) is 30.5 Å². The van der Waals surface area contributed by atoms with Crippen LogP contribution in [0.15, 0.2) is 65.3 Å². The van der Waals surface area contributed by atoms with Crippen molar-refractivity contribution in [3.05, 3.63) is 71.5 Å². The van der Waals surface area contributed by atoms with Gasteiger partial charge in [0.1, 0.15) is 5.75 Å². The molecule has 3 aliphatic heterocycles. The first-order valence-corrected chi connectivity index (χ1v) is 17.9. The Bertz CT molecular complexity index is 1490. The molecule has 264 valence electrons. The van der Waals surface area contributed by atoms with Crippen molar-refractivity contribution in [2.45, 2.75) is 67.8 Å². The predicted octanol–water partition coefficient (Wildman–Crippen LogP) is 4.60. The van der Waals surface area contributed by atoms with Gasteiger partial charge in [-0.15, -0.1) is 0 Å². The second-order valence-electron chi connectivity index (χ2n) is 12.3. The van der Waals surface area contributed by atoms with Crippen molar-refractivity contribution in [2.24, 2.45) is 0 Å². The number of aliphatic hydroxyl groups is 1. The van der Waals surface area contributed by atoms with Crippen molar-refractivity contribution >= 4 is 15.9 Å². The number of hydrogen-bond donors (Lipinski definition) is 1. The lowest BCUT2D eigenvalue weighted by Gasteiger charge is -2.40. The highest BCUT2D eigenvalue weighted by molar-refractivity contribution is 7.89. The Kier molecular flexibility index (Phi) is 12.1. The van der Waals surface area contributed by atoms with Crippen LogP contribution in [0.25, 0.3) is 0 Å². The molecule has 3 aliphatic rings. The van der Waals surface area contributed by atoms with Gasteiger partial charge in [0.05, 0.1) is 30.8 Å². The highest BCUT2D eigenvalue weighted by atomic mass is 32.2. The molecule has 2 fully saturated rings. The molecular formula is C34H44F3N3O7S. The number of halogens is 3. The minimum Gasteiger partial charge on any atom is -0.497 e. The second kappa shape index (κ2) is 16.0. The molecule has 10 nitrogen and oxygen atoms in total. The Balaban J connectivity index is 1.28. The van der Waals surface area contributed by atoms with Crippen LogP contribution >= 0.6 is 0 Å². The number of likely N-dealkylation sites (tertiary alicyclic amines) is 2. The van der Waals surface area contributed by atoms with Gasteiger partial charge >= 0.3 is 6.18 Å². The summed E-state index contributed by atoms with van der Waals surface area (Å²) in [5, 5.41) is 9.60. The number of nitrogens with zero attached hydrogens (tertiary/aromatic N) is 3. The fourth-order valence-electron chi connectivity index (χ4n) is 6.58. The molecule has 2 atom stereocenters. The van der Waals surface area contributed by atoms with Crippen LogP contribution in [-0.4, -0.2) is 105 Å². The van der Waals surface area contributed by atoms with Crippen molar-refractivity contribution in [2.75, 3.05) is 59.6 Å². The van der Waals surface area contributed by atoms with Gasteiger partial charge in [0, 0.05) is 44.6 Å². The number of aliphatic hydroxyl groups excluding tert-OH is 1. The molecule has 0 unspecified atom stereocenters. The molecule has 0 aliphatic carbocycles. The average Bonchev–Trinajstić information content (AvgIpc) is 3.11. The van der Waals surface area contributed by atoms with Crippen LogP contribution in [0.5, 0.6) is 5.75 Å². The van der Waals surface area contributed by atoms with Crippen LogP contribution in [0, 0.1) is 0 Å². The molecule has 2 saturated heterocycles. The number of amides is 1. The van der Waals surface area contributed by atoms with Crippen molar-refractivity contribution in [1.82, 2.24) is 14.1 Å². The highest BCUT2D eigenvalue weighted by Crippen LogP contribution is 2.35. The molecule has 14 heteroatoms. The van der Waals surface area contributed by atoms with E-state index in [2.05, 4.69) is 4.90 Å². The monoisotopic (exact) mass is 695 g/mol. The number of hydrogen-bond acceptors (Lipinski definition) is 8. The normalized spacial score (nSPS) is 21.5. The number of allylic oxidation sites excluding steroid dienone is 1. The summed E-state index contributed by atoms with van der Waals surface area (Å²) in [6.07, 6.45) is 1.74. The van der Waals surface area contributed by atoms with Gasteiger partial charge in [0.2, 0.25) is 16.3 Å². The number of sulfonamides is 1. The SMILES string of the molecule is COc1ccc(S(=O)(=O)N(CCO)CCO[C@@H]2C[C@H](c3ccc(C(F)(F)F)cc3)C=C(C(=O)N3CCC(N4CCCCC4)CC3)O2)cc1. The molecule has 5 rings (SSSR count). The third kappa shape index (κ3) is 8.89. The average molecular weight is 696 g/mol. The lowest BCUT2D eigenvalue weighted by Crippen LogP contribution is -2.49. The molecule has 48 heavy (non-hydrogen) atoms. The lowest BCUT2D eigenvalue weighted by molar-refractivity contribution is -0.153. The first-order chi connectivity index (χ1) is 23.0. The van der Waals surface area contributed by atoms with E-state index in [1.54, 1.807) is 11.0 Å². The maximum atomic E-state index is 13.7. The summed E-state index contributed by atoms with van der Waals surface area (Å²) in [5.41, 5.74) is -0.206. The zero-order valence-corrected chi connectivity index (χ0v) is 27.9. The van der Waals surface area contributed by atoms with Gasteiger partial charge in [0.15, 0.2) is 5.76 Å². The number of ether oxygens (including phenoxy) is 3. The second-order valence-corrected chi connectivity index (χ2v) is 14.3. The zero-order chi connectivity index (χ0) is 34.3. The van der Waals surface area contributed by atoms with Gasteiger partial charge in [-0.3, -0.25) is 4.79 Å². The fraction of sp³-hybridized carbons (Fsp3) is 0.559. The van der Waals surface area contributed by atoms with E-state index < -0.39 is 40.6 Å². The first-order valence-electron chi connectivity index (χ1n) is 16.4. The van der Waals surface area contributed by atoms with Gasteiger partial charge in [-0.05, 0) is 86.8 Å². The number of carbonyl (C=O) groups is 1. The van der Waals surface area contributed by atoms with Crippen LogP contribution in [0.2, 0.25) is 0 Å². The van der Waals surface area contributed by atoms with Gasteiger partial charge in [0.25, 0.3) is 5.91 Å². The number of benzene rings is 2. The van der Waals surface area contributed by atoms with Crippen molar-refractivity contribution in [3.63, 3.8) is 0 Å². The Morgan fingerprint density at radius 3 is 2.25 bits per heavy atom. The highest BCUT2D eigenvalue weighted by Gasteiger charge is 2.35. The first kappa shape index (κ1) is 36.1. The largest absolute Gasteiger partial charge is 0.497 e.